The summed E-state index contributed by atoms with van der Waals surface area (Å²) in [5, 5.41) is 0. The van der Waals surface area contributed by atoms with E-state index in [9.17, 15) is 4.79 Å². The highest BCUT2D eigenvalue weighted by Gasteiger charge is 2.67. The molecule has 0 spiro atoms. The van der Waals surface area contributed by atoms with Crippen LogP contribution in [0.3, 0.4) is 0 Å². The quantitative estimate of drug-likeness (QED) is 0.818. The van der Waals surface area contributed by atoms with Gasteiger partial charge in [-0.25, -0.2) is 9.78 Å². The van der Waals surface area contributed by atoms with Gasteiger partial charge in [-0.05, 0) is 57.7 Å². The molecule has 5 heteroatoms. The molecule has 1 aliphatic carbocycles. The zero-order valence-electron chi connectivity index (χ0n) is 14.2. The highest BCUT2D eigenvalue weighted by molar-refractivity contribution is 5.78. The van der Waals surface area contributed by atoms with E-state index in [4.69, 9.17) is 16.1 Å². The molecule has 1 aromatic heterocycles. The molecule has 2 fully saturated rings. The first kappa shape index (κ1) is 15.1. The number of aromatic nitrogens is 2. The zero-order valence-corrected chi connectivity index (χ0v) is 14.2. The standard InChI is InChI=1S/C19H21N3O2/c1-5-12-6-7-14-15(10-12)21-16(20-14)19-11-13(19)8-9-22(19)17(23)24-18(2,3)4/h1,6-7,10,13H,8-9,11H2,2-4H3,(H,20,21). The van der Waals surface area contributed by atoms with Crippen LogP contribution in [-0.2, 0) is 10.3 Å². The third-order valence-corrected chi connectivity index (χ3v) is 4.93. The first-order chi connectivity index (χ1) is 11.3. The molecule has 1 saturated carbocycles. The summed E-state index contributed by atoms with van der Waals surface area (Å²) in [6, 6.07) is 5.73. The molecule has 1 aliphatic heterocycles. The number of hydrogen-bond donors (Lipinski definition) is 1. The lowest BCUT2D eigenvalue weighted by atomic mass is 10.2. The fourth-order valence-corrected chi connectivity index (χ4v) is 3.77. The molecule has 0 radical (unpaired) electrons. The molecule has 2 aromatic rings. The molecule has 2 unspecified atom stereocenters. The maximum atomic E-state index is 12.6. The second-order valence-electron chi connectivity index (χ2n) is 7.71. The second-order valence-corrected chi connectivity index (χ2v) is 7.71. The summed E-state index contributed by atoms with van der Waals surface area (Å²) < 4.78 is 5.59. The van der Waals surface area contributed by atoms with Crippen molar-refractivity contribution in [2.45, 2.75) is 44.8 Å². The third-order valence-electron chi connectivity index (χ3n) is 4.93. The molecule has 1 aromatic carbocycles. The Labute approximate surface area is 141 Å². The topological polar surface area (TPSA) is 58.2 Å². The number of nitrogens with one attached hydrogen (secondary N) is 1. The maximum Gasteiger partial charge on any atom is 0.411 e. The SMILES string of the molecule is C#Cc1ccc2nc(C34CC3CCN4C(=O)OC(C)(C)C)[nH]c2c1. The largest absolute Gasteiger partial charge is 0.444 e. The molecule has 1 saturated heterocycles. The van der Waals surface area contributed by atoms with Crippen molar-refractivity contribution in [1.29, 1.82) is 0 Å². The van der Waals surface area contributed by atoms with Crippen LogP contribution in [0.5, 0.6) is 0 Å². The number of rotatable bonds is 1. The molecule has 2 aliphatic rings. The number of benzene rings is 1. The van der Waals surface area contributed by atoms with E-state index in [0.29, 0.717) is 12.5 Å². The number of imidazole rings is 1. The number of likely N-dealkylation sites (tertiary alicyclic amines) is 1. The minimum absolute atomic E-state index is 0.257. The molecule has 5 nitrogen and oxygen atoms in total. The fraction of sp³-hybridized carbons (Fsp3) is 0.474. The number of aromatic amines is 1. The Hall–Kier alpha value is -2.48. The molecule has 124 valence electrons. The fourth-order valence-electron chi connectivity index (χ4n) is 3.77. The number of fused-ring (bicyclic) bond motifs is 2. The molecule has 1 N–H and O–H groups in total. The van der Waals surface area contributed by atoms with Crippen LogP contribution in [-0.4, -0.2) is 33.1 Å². The lowest BCUT2D eigenvalue weighted by Crippen LogP contribution is -2.42. The Morgan fingerprint density at radius 2 is 2.29 bits per heavy atom. The van der Waals surface area contributed by atoms with Crippen molar-refractivity contribution in [2.75, 3.05) is 6.54 Å². The number of carbonyl (C=O) groups excluding carboxylic acids is 1. The average molecular weight is 323 g/mol. The molecule has 2 atom stereocenters. The number of piperidine rings is 1. The van der Waals surface area contributed by atoms with Crippen LogP contribution >= 0.6 is 0 Å². The van der Waals surface area contributed by atoms with Crippen LogP contribution in [0.25, 0.3) is 11.0 Å². The molecule has 2 heterocycles. The van der Waals surface area contributed by atoms with Crippen LogP contribution in [0.2, 0.25) is 0 Å². The maximum absolute atomic E-state index is 12.6. The van der Waals surface area contributed by atoms with Crippen molar-refractivity contribution in [3.8, 4) is 12.3 Å². The van der Waals surface area contributed by atoms with E-state index in [-0.39, 0.29) is 11.6 Å². The summed E-state index contributed by atoms with van der Waals surface area (Å²) in [5.74, 6) is 3.94. The molecular formula is C19H21N3O2. The van der Waals surface area contributed by atoms with Crippen molar-refractivity contribution in [2.24, 2.45) is 5.92 Å². The Balaban J connectivity index is 1.70. The highest BCUT2D eigenvalue weighted by atomic mass is 16.6. The van der Waals surface area contributed by atoms with Gasteiger partial charge < -0.3 is 9.72 Å². The van der Waals surface area contributed by atoms with Gasteiger partial charge in [-0.3, -0.25) is 4.90 Å². The van der Waals surface area contributed by atoms with Gasteiger partial charge in [0.1, 0.15) is 17.0 Å². The van der Waals surface area contributed by atoms with Crippen LogP contribution < -0.4 is 0 Å². The smallest absolute Gasteiger partial charge is 0.411 e. The summed E-state index contributed by atoms with van der Waals surface area (Å²) in [7, 11) is 0. The van der Waals surface area contributed by atoms with Gasteiger partial charge in [0.05, 0.1) is 11.0 Å². The number of ether oxygens (including phenoxy) is 1. The van der Waals surface area contributed by atoms with Crippen LogP contribution in [0.1, 0.15) is 45.0 Å². The van der Waals surface area contributed by atoms with Crippen molar-refractivity contribution >= 4 is 17.1 Å². The number of H-pyrrole nitrogens is 1. The second kappa shape index (κ2) is 4.76. The molecule has 24 heavy (non-hydrogen) atoms. The van der Waals surface area contributed by atoms with E-state index < -0.39 is 5.60 Å². The van der Waals surface area contributed by atoms with Crippen molar-refractivity contribution in [3.63, 3.8) is 0 Å². The van der Waals surface area contributed by atoms with Crippen LogP contribution in [0.4, 0.5) is 4.79 Å². The number of amides is 1. The van der Waals surface area contributed by atoms with E-state index in [2.05, 4.69) is 10.9 Å². The number of carbonyl (C=O) groups is 1. The zero-order chi connectivity index (χ0) is 17.1. The van der Waals surface area contributed by atoms with E-state index in [1.54, 1.807) is 0 Å². The summed E-state index contributed by atoms with van der Waals surface area (Å²) >= 11 is 0. The monoisotopic (exact) mass is 323 g/mol. The van der Waals surface area contributed by atoms with Gasteiger partial charge in [-0.1, -0.05) is 5.92 Å². The Morgan fingerprint density at radius 3 is 2.96 bits per heavy atom. The first-order valence-corrected chi connectivity index (χ1v) is 8.31. The molecule has 0 bridgehead atoms. The van der Waals surface area contributed by atoms with E-state index in [0.717, 1.165) is 35.3 Å². The van der Waals surface area contributed by atoms with Crippen molar-refractivity contribution in [3.05, 3.63) is 29.6 Å². The summed E-state index contributed by atoms with van der Waals surface area (Å²) in [4.78, 5) is 22.6. The van der Waals surface area contributed by atoms with E-state index in [1.807, 2.05) is 43.9 Å². The van der Waals surface area contributed by atoms with Crippen molar-refractivity contribution < 1.29 is 9.53 Å². The summed E-state index contributed by atoms with van der Waals surface area (Å²) in [6.07, 6.45) is 7.14. The Bertz CT molecular complexity index is 871. The molecule has 4 rings (SSSR count). The average Bonchev–Trinajstić information content (AvgIpc) is 2.92. The van der Waals surface area contributed by atoms with E-state index in [1.165, 1.54) is 0 Å². The minimum atomic E-state index is -0.499. The molecule has 1 amide bonds. The predicted octanol–water partition coefficient (Wildman–Crippen LogP) is 3.40. The minimum Gasteiger partial charge on any atom is -0.444 e. The van der Waals surface area contributed by atoms with Crippen LogP contribution in [0, 0.1) is 18.3 Å². The van der Waals surface area contributed by atoms with E-state index >= 15 is 0 Å². The summed E-state index contributed by atoms with van der Waals surface area (Å²) in [5.41, 5.74) is 1.77. The molecular weight excluding hydrogens is 302 g/mol. The third kappa shape index (κ3) is 2.17. The first-order valence-electron chi connectivity index (χ1n) is 8.31. The van der Waals surface area contributed by atoms with Gasteiger partial charge >= 0.3 is 6.09 Å². The van der Waals surface area contributed by atoms with Gasteiger partial charge in [0, 0.05) is 12.1 Å². The Morgan fingerprint density at radius 1 is 1.50 bits per heavy atom. The predicted molar refractivity (Wildman–Crippen MR) is 91.4 cm³/mol. The lowest BCUT2D eigenvalue weighted by Gasteiger charge is -2.30. The van der Waals surface area contributed by atoms with Gasteiger partial charge in [0.2, 0.25) is 0 Å². The van der Waals surface area contributed by atoms with Crippen molar-refractivity contribution in [1.82, 2.24) is 14.9 Å². The van der Waals surface area contributed by atoms with Gasteiger partial charge in [0.15, 0.2) is 0 Å². The summed E-state index contributed by atoms with van der Waals surface area (Å²) in [6.45, 7) is 6.38. The number of terminal acetylenes is 1. The van der Waals surface area contributed by atoms with Gasteiger partial charge in [-0.15, -0.1) is 6.42 Å². The van der Waals surface area contributed by atoms with Crippen LogP contribution in [0.15, 0.2) is 18.2 Å². The number of hydrogen-bond acceptors (Lipinski definition) is 3. The van der Waals surface area contributed by atoms with Gasteiger partial charge in [-0.2, -0.15) is 0 Å². The highest BCUT2D eigenvalue weighted by Crippen LogP contribution is 2.62. The Kier molecular flexibility index (Phi) is 2.99. The number of nitrogens with zero attached hydrogens (tertiary/aromatic N) is 2. The normalized spacial score (nSPS) is 25.4. The lowest BCUT2D eigenvalue weighted by molar-refractivity contribution is 0.0162. The van der Waals surface area contributed by atoms with Gasteiger partial charge in [0.25, 0.3) is 0 Å².